The number of imidazole rings is 1. The van der Waals surface area contributed by atoms with Crippen LogP contribution in [0.4, 0.5) is 17.2 Å². The van der Waals surface area contributed by atoms with E-state index >= 15 is 0 Å². The van der Waals surface area contributed by atoms with Crippen molar-refractivity contribution < 1.29 is 9.59 Å². The van der Waals surface area contributed by atoms with Gasteiger partial charge in [-0.3, -0.25) is 9.59 Å². The molecule has 5 rings (SSSR count). The molecular weight excluding hydrogens is 480 g/mol. The minimum Gasteiger partial charge on any atom is -0.338 e. The van der Waals surface area contributed by atoms with Crippen molar-refractivity contribution in [1.29, 1.82) is 0 Å². The minimum atomic E-state index is -0.122. The first-order chi connectivity index (χ1) is 18.3. The number of benzene rings is 2. The molecule has 2 N–H and O–H groups in total. The summed E-state index contributed by atoms with van der Waals surface area (Å²) in [5.74, 6) is 1.04. The van der Waals surface area contributed by atoms with E-state index in [0.717, 1.165) is 43.1 Å². The van der Waals surface area contributed by atoms with Crippen LogP contribution in [0.25, 0.3) is 22.6 Å². The number of carbonyl (C=O) groups excluding carboxylic acids is 2. The van der Waals surface area contributed by atoms with Crippen LogP contribution in [0.2, 0.25) is 0 Å². The smallest absolute Gasteiger partial charge is 0.253 e. The van der Waals surface area contributed by atoms with Crippen molar-refractivity contribution >= 4 is 40.2 Å². The second kappa shape index (κ2) is 10.6. The molecule has 4 aromatic rings. The molecule has 1 saturated heterocycles. The summed E-state index contributed by atoms with van der Waals surface area (Å²) in [6.07, 6.45) is 1.77. The van der Waals surface area contributed by atoms with Crippen molar-refractivity contribution in [3.05, 3.63) is 60.4 Å². The molecule has 10 nitrogen and oxygen atoms in total. The maximum Gasteiger partial charge on any atom is 0.253 e. The molecule has 1 aliphatic heterocycles. The first-order valence-corrected chi connectivity index (χ1v) is 12.8. The Bertz CT molecular complexity index is 1450. The van der Waals surface area contributed by atoms with E-state index in [-0.39, 0.29) is 17.9 Å². The van der Waals surface area contributed by atoms with Crippen LogP contribution in [0.5, 0.6) is 0 Å². The normalized spacial score (nSPS) is 14.2. The molecule has 0 bridgehead atoms. The number of carbonyl (C=O) groups is 2. The maximum absolute atomic E-state index is 13.0. The lowest BCUT2D eigenvalue weighted by atomic mass is 10.1. The predicted octanol–water partition coefficient (Wildman–Crippen LogP) is 4.16. The van der Waals surface area contributed by atoms with Gasteiger partial charge in [0.1, 0.15) is 0 Å². The van der Waals surface area contributed by atoms with E-state index < -0.39 is 0 Å². The topological polar surface area (TPSA) is 108 Å². The number of nitrogens with one attached hydrogen (secondary N) is 2. The molecule has 2 aromatic carbocycles. The van der Waals surface area contributed by atoms with Gasteiger partial charge in [0, 0.05) is 61.6 Å². The van der Waals surface area contributed by atoms with Crippen molar-refractivity contribution in [3.63, 3.8) is 0 Å². The third-order valence-electron chi connectivity index (χ3n) is 6.63. The molecule has 0 aliphatic carbocycles. The number of rotatable bonds is 6. The summed E-state index contributed by atoms with van der Waals surface area (Å²) in [7, 11) is 2.07. The van der Waals surface area contributed by atoms with Gasteiger partial charge in [-0.2, -0.15) is 0 Å². The number of hydrogen-bond donors (Lipinski definition) is 2. The second-order valence-corrected chi connectivity index (χ2v) is 9.87. The highest BCUT2D eigenvalue weighted by atomic mass is 16.2. The number of nitrogens with zero attached hydrogens (tertiary/aromatic N) is 6. The Balaban J connectivity index is 1.46. The largest absolute Gasteiger partial charge is 0.338 e. The van der Waals surface area contributed by atoms with Gasteiger partial charge in [-0.15, -0.1) is 0 Å². The molecule has 196 valence electrons. The van der Waals surface area contributed by atoms with E-state index in [4.69, 9.17) is 9.97 Å². The van der Waals surface area contributed by atoms with Gasteiger partial charge < -0.3 is 25.0 Å². The molecule has 0 spiro atoms. The molecule has 0 radical (unpaired) electrons. The summed E-state index contributed by atoms with van der Waals surface area (Å²) in [5, 5.41) is 6.13. The highest BCUT2D eigenvalue weighted by Gasteiger charge is 2.21. The summed E-state index contributed by atoms with van der Waals surface area (Å²) in [6, 6.07) is 15.0. The zero-order chi connectivity index (χ0) is 26.8. The van der Waals surface area contributed by atoms with Crippen molar-refractivity contribution in [3.8, 4) is 11.4 Å². The molecule has 0 unspecified atom stereocenters. The number of piperazine rings is 1. The van der Waals surface area contributed by atoms with E-state index in [1.165, 1.54) is 6.92 Å². The van der Waals surface area contributed by atoms with Gasteiger partial charge in [0.2, 0.25) is 5.91 Å². The first-order valence-electron chi connectivity index (χ1n) is 12.8. The number of anilines is 3. The van der Waals surface area contributed by atoms with Crippen LogP contribution in [-0.2, 0) is 4.79 Å². The number of aromatic nitrogens is 4. The van der Waals surface area contributed by atoms with Crippen LogP contribution >= 0.6 is 0 Å². The third kappa shape index (κ3) is 5.35. The summed E-state index contributed by atoms with van der Waals surface area (Å²) in [4.78, 5) is 42.7. The fourth-order valence-corrected chi connectivity index (χ4v) is 4.44. The molecule has 1 fully saturated rings. The van der Waals surface area contributed by atoms with Crippen LogP contribution in [0, 0.1) is 0 Å². The Labute approximate surface area is 221 Å². The molecule has 0 saturated carbocycles. The zero-order valence-electron chi connectivity index (χ0n) is 22.1. The number of hydrogen-bond acceptors (Lipinski definition) is 7. The first kappa shape index (κ1) is 25.3. The lowest BCUT2D eigenvalue weighted by Gasteiger charge is -2.32. The molecule has 38 heavy (non-hydrogen) atoms. The molecule has 0 atom stereocenters. The second-order valence-electron chi connectivity index (χ2n) is 9.87. The van der Waals surface area contributed by atoms with Gasteiger partial charge in [-0.25, -0.2) is 15.0 Å². The fourth-order valence-electron chi connectivity index (χ4n) is 4.44. The van der Waals surface area contributed by atoms with E-state index in [1.54, 1.807) is 6.33 Å². The lowest BCUT2D eigenvalue weighted by Crippen LogP contribution is -2.47. The van der Waals surface area contributed by atoms with Gasteiger partial charge in [0.05, 0.1) is 6.33 Å². The lowest BCUT2D eigenvalue weighted by molar-refractivity contribution is -0.114. The Morgan fingerprint density at radius 1 is 0.895 bits per heavy atom. The van der Waals surface area contributed by atoms with Crippen molar-refractivity contribution in [2.45, 2.75) is 26.8 Å². The van der Waals surface area contributed by atoms with E-state index in [2.05, 4.69) is 41.4 Å². The van der Waals surface area contributed by atoms with Crippen LogP contribution < -0.4 is 10.6 Å². The average Bonchev–Trinajstić information content (AvgIpc) is 3.34. The number of amides is 2. The molecule has 2 aromatic heterocycles. The quantitative estimate of drug-likeness (QED) is 0.399. The minimum absolute atomic E-state index is 0.0453. The summed E-state index contributed by atoms with van der Waals surface area (Å²) < 4.78 is 2.01. The van der Waals surface area contributed by atoms with E-state index in [1.807, 2.05) is 58.0 Å². The monoisotopic (exact) mass is 512 g/mol. The van der Waals surface area contributed by atoms with Crippen molar-refractivity contribution in [2.24, 2.45) is 0 Å². The standard InChI is InChI=1S/C28H32N8O2/c1-18(2)36-17-29-24-26(31-23-11-9-22(10-12-23)30-19(3)37)32-25(33-27(24)36)20-5-7-21(8-6-20)28(38)35-15-13-34(4)14-16-35/h5-12,17-18H,13-16H2,1-4H3,(H,30,37)(H,31,32,33). The van der Waals surface area contributed by atoms with Gasteiger partial charge >= 0.3 is 0 Å². The summed E-state index contributed by atoms with van der Waals surface area (Å²) in [6.45, 7) is 8.86. The summed E-state index contributed by atoms with van der Waals surface area (Å²) >= 11 is 0. The van der Waals surface area contributed by atoms with E-state index in [9.17, 15) is 9.59 Å². The Hall–Kier alpha value is -4.31. The van der Waals surface area contributed by atoms with Crippen molar-refractivity contribution in [2.75, 3.05) is 43.9 Å². The average molecular weight is 513 g/mol. The Kier molecular flexibility index (Phi) is 7.06. The fraction of sp³-hybridized carbons (Fsp3) is 0.321. The number of fused-ring (bicyclic) bond motifs is 1. The Morgan fingerprint density at radius 3 is 2.18 bits per heavy atom. The molecule has 3 heterocycles. The molecule has 1 aliphatic rings. The van der Waals surface area contributed by atoms with E-state index in [0.29, 0.717) is 28.4 Å². The van der Waals surface area contributed by atoms with Gasteiger partial charge in [0.25, 0.3) is 5.91 Å². The zero-order valence-corrected chi connectivity index (χ0v) is 22.1. The molecule has 2 amide bonds. The van der Waals surface area contributed by atoms with Gasteiger partial charge in [0.15, 0.2) is 22.8 Å². The van der Waals surface area contributed by atoms with Gasteiger partial charge in [-0.1, -0.05) is 12.1 Å². The summed E-state index contributed by atoms with van der Waals surface area (Å²) in [5.41, 5.74) is 4.37. The van der Waals surface area contributed by atoms with Crippen molar-refractivity contribution in [1.82, 2.24) is 29.3 Å². The molecular formula is C28H32N8O2. The highest BCUT2D eigenvalue weighted by molar-refractivity contribution is 5.95. The Morgan fingerprint density at radius 2 is 1.55 bits per heavy atom. The number of likely N-dealkylation sites (N-methyl/N-ethyl adjacent to an activating group) is 1. The van der Waals surface area contributed by atoms with Crippen LogP contribution in [-0.4, -0.2) is 74.4 Å². The van der Waals surface area contributed by atoms with Crippen LogP contribution in [0.15, 0.2) is 54.9 Å². The maximum atomic E-state index is 13.0. The predicted molar refractivity (Wildman–Crippen MR) is 149 cm³/mol. The van der Waals surface area contributed by atoms with Crippen LogP contribution in [0.1, 0.15) is 37.2 Å². The SMILES string of the molecule is CC(=O)Nc1ccc(Nc2nc(-c3ccc(C(=O)N4CCN(C)CC4)cc3)nc3c2ncn3C(C)C)cc1. The van der Waals surface area contributed by atoms with Gasteiger partial charge in [-0.05, 0) is 57.3 Å². The molecule has 10 heteroatoms. The van der Waals surface area contributed by atoms with Crippen LogP contribution in [0.3, 0.4) is 0 Å². The highest BCUT2D eigenvalue weighted by Crippen LogP contribution is 2.29. The third-order valence-corrected chi connectivity index (χ3v) is 6.63.